The molecule has 1 aliphatic heterocycles. The van der Waals surface area contributed by atoms with Gasteiger partial charge in [-0.15, -0.1) is 0 Å². The number of amides is 2. The first-order valence-corrected chi connectivity index (χ1v) is 12.0. The summed E-state index contributed by atoms with van der Waals surface area (Å²) in [6.45, 7) is 7.40. The number of nitrogens with one attached hydrogen (secondary N) is 1. The molecule has 3 rings (SSSR count). The number of anilines is 2. The van der Waals surface area contributed by atoms with Crippen molar-refractivity contribution in [3.05, 3.63) is 59.2 Å². The van der Waals surface area contributed by atoms with Crippen molar-refractivity contribution >= 4 is 47.5 Å². The maximum absolute atomic E-state index is 13.5. The zero-order valence-electron chi connectivity index (χ0n) is 19.3. The normalized spacial score (nSPS) is 14.5. The van der Waals surface area contributed by atoms with Crippen LogP contribution in [0.4, 0.5) is 11.4 Å². The van der Waals surface area contributed by atoms with Crippen LogP contribution < -0.4 is 10.2 Å². The van der Waals surface area contributed by atoms with Crippen molar-refractivity contribution in [1.82, 2.24) is 0 Å². The van der Waals surface area contributed by atoms with Crippen LogP contribution in [0.5, 0.6) is 0 Å². The third-order valence-electron chi connectivity index (χ3n) is 5.60. The number of hydrogen-bond donors (Lipinski definition) is 1. The zero-order valence-corrected chi connectivity index (χ0v) is 20.2. The standard InChI is InChI=1S/C25H30N4O3S/c1-17-6-5-7-18(2)23(17)29(25(31)20-12-14-33-15-13-20)16-22(30)27-21-10-8-19(9-11-21)24(26-3)28-32-4/h5-11,20H,3,12-16H2,1-2,4H3,(H,27,30)/b28-24-. The number of benzene rings is 2. The van der Waals surface area contributed by atoms with Gasteiger partial charge in [0.15, 0.2) is 5.84 Å². The number of para-hydroxylation sites is 1. The van der Waals surface area contributed by atoms with Gasteiger partial charge in [0.2, 0.25) is 11.8 Å². The van der Waals surface area contributed by atoms with Crippen LogP contribution in [0.1, 0.15) is 29.5 Å². The van der Waals surface area contributed by atoms with Gasteiger partial charge in [-0.1, -0.05) is 23.4 Å². The van der Waals surface area contributed by atoms with E-state index in [0.29, 0.717) is 17.1 Å². The predicted molar refractivity (Wildman–Crippen MR) is 136 cm³/mol. The number of amidine groups is 1. The molecule has 1 aliphatic rings. The van der Waals surface area contributed by atoms with Gasteiger partial charge in [-0.05, 0) is 80.3 Å². The molecule has 2 amide bonds. The van der Waals surface area contributed by atoms with Crippen molar-refractivity contribution in [2.24, 2.45) is 16.1 Å². The molecule has 0 bridgehead atoms. The highest BCUT2D eigenvalue weighted by atomic mass is 32.2. The van der Waals surface area contributed by atoms with Crippen molar-refractivity contribution in [1.29, 1.82) is 0 Å². The van der Waals surface area contributed by atoms with Gasteiger partial charge in [0.05, 0.1) is 5.69 Å². The molecule has 0 saturated carbocycles. The van der Waals surface area contributed by atoms with E-state index in [9.17, 15) is 9.59 Å². The van der Waals surface area contributed by atoms with Crippen molar-refractivity contribution in [3.63, 3.8) is 0 Å². The minimum atomic E-state index is -0.253. The Morgan fingerprint density at radius 2 is 1.76 bits per heavy atom. The van der Waals surface area contributed by atoms with E-state index in [4.69, 9.17) is 4.84 Å². The lowest BCUT2D eigenvalue weighted by atomic mass is 9.99. The molecule has 0 spiro atoms. The molecule has 2 aromatic carbocycles. The molecule has 1 N–H and O–H groups in total. The summed E-state index contributed by atoms with van der Waals surface area (Å²) in [7, 11) is 1.44. The van der Waals surface area contributed by atoms with Crippen LogP contribution >= 0.6 is 11.8 Å². The number of hydrogen-bond acceptors (Lipinski definition) is 5. The number of carbonyl (C=O) groups excluding carboxylic acids is 2. The highest BCUT2D eigenvalue weighted by Gasteiger charge is 2.30. The Bertz CT molecular complexity index is 1010. The van der Waals surface area contributed by atoms with Crippen molar-refractivity contribution < 1.29 is 14.4 Å². The van der Waals surface area contributed by atoms with E-state index in [1.807, 2.05) is 43.8 Å². The van der Waals surface area contributed by atoms with Crippen molar-refractivity contribution in [2.75, 3.05) is 35.4 Å². The van der Waals surface area contributed by atoms with Gasteiger partial charge >= 0.3 is 0 Å². The molecular weight excluding hydrogens is 436 g/mol. The summed E-state index contributed by atoms with van der Waals surface area (Å²) in [5, 5.41) is 6.71. The molecule has 33 heavy (non-hydrogen) atoms. The lowest BCUT2D eigenvalue weighted by Crippen LogP contribution is -2.43. The number of oxime groups is 1. The predicted octanol–water partition coefficient (Wildman–Crippen LogP) is 4.43. The molecule has 0 atom stereocenters. The molecule has 174 valence electrons. The number of aryl methyl sites for hydroxylation is 2. The Kier molecular flexibility index (Phi) is 8.65. The van der Waals surface area contributed by atoms with Crippen LogP contribution in [-0.2, 0) is 14.4 Å². The fourth-order valence-electron chi connectivity index (χ4n) is 3.97. The topological polar surface area (TPSA) is 83.4 Å². The van der Waals surface area contributed by atoms with E-state index in [2.05, 4.69) is 22.2 Å². The molecule has 1 saturated heterocycles. The lowest BCUT2D eigenvalue weighted by molar-refractivity contribution is -0.124. The number of rotatable bonds is 7. The maximum Gasteiger partial charge on any atom is 0.244 e. The van der Waals surface area contributed by atoms with Crippen molar-refractivity contribution in [3.8, 4) is 0 Å². The van der Waals surface area contributed by atoms with Crippen LogP contribution in [0.25, 0.3) is 0 Å². The van der Waals surface area contributed by atoms with Crippen LogP contribution in [-0.4, -0.2) is 49.5 Å². The Hall–Kier alpha value is -3.13. The van der Waals surface area contributed by atoms with E-state index in [1.54, 1.807) is 29.2 Å². The van der Waals surface area contributed by atoms with Gasteiger partial charge in [-0.2, -0.15) is 11.8 Å². The number of carbonyl (C=O) groups is 2. The lowest BCUT2D eigenvalue weighted by Gasteiger charge is -2.31. The first-order chi connectivity index (χ1) is 15.9. The van der Waals surface area contributed by atoms with Crippen LogP contribution in [0.3, 0.4) is 0 Å². The molecule has 1 heterocycles. The zero-order chi connectivity index (χ0) is 23.8. The highest BCUT2D eigenvalue weighted by Crippen LogP contribution is 2.30. The fraction of sp³-hybridized carbons (Fsp3) is 0.360. The van der Waals surface area contributed by atoms with E-state index in [0.717, 1.165) is 41.2 Å². The smallest absolute Gasteiger partial charge is 0.244 e. The minimum Gasteiger partial charge on any atom is -0.397 e. The summed E-state index contributed by atoms with van der Waals surface area (Å²) in [5.74, 6) is 2.02. The molecule has 0 radical (unpaired) electrons. The SMILES string of the molecule is C=N/C(=N\OC)c1ccc(NC(=O)CN(C(=O)C2CCSCC2)c2c(C)cccc2C)cc1. The Balaban J connectivity index is 1.79. The monoisotopic (exact) mass is 466 g/mol. The summed E-state index contributed by atoms with van der Waals surface area (Å²) in [5.41, 5.74) is 4.11. The average molecular weight is 467 g/mol. The van der Waals surface area contributed by atoms with Crippen molar-refractivity contribution in [2.45, 2.75) is 26.7 Å². The third-order valence-corrected chi connectivity index (χ3v) is 6.65. The third kappa shape index (κ3) is 6.22. The summed E-state index contributed by atoms with van der Waals surface area (Å²) < 4.78 is 0. The molecule has 0 aromatic heterocycles. The average Bonchev–Trinajstić information content (AvgIpc) is 2.82. The van der Waals surface area contributed by atoms with Gasteiger partial charge in [0, 0.05) is 17.2 Å². The number of nitrogens with zero attached hydrogens (tertiary/aromatic N) is 3. The molecule has 1 fully saturated rings. The van der Waals surface area contributed by atoms with Gasteiger partial charge in [0.25, 0.3) is 0 Å². The fourth-order valence-corrected chi connectivity index (χ4v) is 5.08. The second-order valence-electron chi connectivity index (χ2n) is 7.93. The number of thioether (sulfide) groups is 1. The van der Waals surface area contributed by atoms with Crippen LogP contribution in [0, 0.1) is 19.8 Å². The van der Waals surface area contributed by atoms with E-state index < -0.39 is 0 Å². The number of aliphatic imine (C=N–C) groups is 1. The second-order valence-corrected chi connectivity index (χ2v) is 9.16. The van der Waals surface area contributed by atoms with Crippen LogP contribution in [0.15, 0.2) is 52.6 Å². The molecule has 8 heteroatoms. The highest BCUT2D eigenvalue weighted by molar-refractivity contribution is 7.99. The molecule has 2 aromatic rings. The Morgan fingerprint density at radius 3 is 2.33 bits per heavy atom. The second kappa shape index (κ2) is 11.7. The molecule has 7 nitrogen and oxygen atoms in total. The summed E-state index contributed by atoms with van der Waals surface area (Å²) in [6.07, 6.45) is 1.69. The first-order valence-electron chi connectivity index (χ1n) is 10.9. The molecule has 0 unspecified atom stereocenters. The van der Waals surface area contributed by atoms with Crippen LogP contribution in [0.2, 0.25) is 0 Å². The molecular formula is C25H30N4O3S. The maximum atomic E-state index is 13.5. The largest absolute Gasteiger partial charge is 0.397 e. The molecule has 0 aliphatic carbocycles. The van der Waals surface area contributed by atoms with E-state index in [-0.39, 0.29) is 24.3 Å². The Labute approximate surface area is 199 Å². The summed E-state index contributed by atoms with van der Waals surface area (Å²) in [4.78, 5) is 36.8. The van der Waals surface area contributed by atoms with Gasteiger partial charge in [-0.3, -0.25) is 9.59 Å². The van der Waals surface area contributed by atoms with Gasteiger partial charge < -0.3 is 15.1 Å². The van der Waals surface area contributed by atoms with E-state index in [1.165, 1.54) is 7.11 Å². The first kappa shape index (κ1) is 24.5. The van der Waals surface area contributed by atoms with Gasteiger partial charge in [-0.25, -0.2) is 4.99 Å². The van der Waals surface area contributed by atoms with Gasteiger partial charge in [0.1, 0.15) is 13.7 Å². The summed E-state index contributed by atoms with van der Waals surface area (Å²) in [6, 6.07) is 13.0. The Morgan fingerprint density at radius 1 is 1.12 bits per heavy atom. The van der Waals surface area contributed by atoms with E-state index >= 15 is 0 Å². The minimum absolute atomic E-state index is 0.0238. The quantitative estimate of drug-likeness (QED) is 0.372. The summed E-state index contributed by atoms with van der Waals surface area (Å²) >= 11 is 1.88.